The molecule has 30 heavy (non-hydrogen) atoms. The molecule has 1 amide bonds. The maximum atomic E-state index is 13.8. The quantitative estimate of drug-likeness (QED) is 0.357. The van der Waals surface area contributed by atoms with Gasteiger partial charge in [0, 0.05) is 6.07 Å². The van der Waals surface area contributed by atoms with Crippen molar-refractivity contribution in [1.29, 1.82) is 0 Å². The third-order valence-corrected chi connectivity index (χ3v) is 6.17. The minimum atomic E-state index is -0.858. The van der Waals surface area contributed by atoms with Crippen LogP contribution in [0.3, 0.4) is 0 Å². The summed E-state index contributed by atoms with van der Waals surface area (Å²) in [7, 11) is 0. The van der Waals surface area contributed by atoms with Crippen molar-refractivity contribution in [3.8, 4) is 5.69 Å². The Hall–Kier alpha value is -3.04. The molecule has 0 fully saturated rings. The number of halogens is 2. The fourth-order valence-electron chi connectivity index (χ4n) is 2.92. The molecule has 0 radical (unpaired) electrons. The molecule has 0 saturated carbocycles. The van der Waals surface area contributed by atoms with E-state index in [2.05, 4.69) is 10.3 Å². The van der Waals surface area contributed by atoms with Crippen LogP contribution in [0, 0.1) is 18.6 Å². The number of rotatable bonds is 5. The van der Waals surface area contributed by atoms with Gasteiger partial charge >= 0.3 is 0 Å². The summed E-state index contributed by atoms with van der Waals surface area (Å²) in [5, 5.41) is 4.56. The molecular formula is C21H15F2N3O2S2. The number of thiophene rings is 1. The standard InChI is InChI=1S/C21H15F2N3O2S2/c1-12-4-2-3-5-17(12)26-20(28)19-16(8-9-29-19)25-21(26)30-11-18(27)24-15-7-6-13(22)10-14(15)23/h2-10H,11H2,1H3,(H,24,27). The Bertz CT molecular complexity index is 1320. The number of amides is 1. The molecule has 2 aromatic heterocycles. The molecule has 0 aliphatic heterocycles. The molecule has 4 rings (SSSR count). The second kappa shape index (κ2) is 8.37. The normalized spacial score (nSPS) is 11.0. The number of thioether (sulfide) groups is 1. The molecule has 0 saturated heterocycles. The summed E-state index contributed by atoms with van der Waals surface area (Å²) in [5.41, 5.74) is 1.80. The number of hydrogen-bond donors (Lipinski definition) is 1. The highest BCUT2D eigenvalue weighted by Gasteiger charge is 2.17. The predicted octanol–water partition coefficient (Wildman–Crippen LogP) is 4.76. The van der Waals surface area contributed by atoms with Crippen molar-refractivity contribution in [3.63, 3.8) is 0 Å². The van der Waals surface area contributed by atoms with Gasteiger partial charge in [-0.15, -0.1) is 11.3 Å². The van der Waals surface area contributed by atoms with E-state index in [0.717, 1.165) is 29.5 Å². The van der Waals surface area contributed by atoms with Crippen molar-refractivity contribution in [1.82, 2.24) is 9.55 Å². The van der Waals surface area contributed by atoms with Gasteiger partial charge in [0.1, 0.15) is 16.3 Å². The third-order valence-electron chi connectivity index (χ3n) is 4.34. The first-order valence-corrected chi connectivity index (χ1v) is 10.7. The average molecular weight is 444 g/mol. The second-order valence-electron chi connectivity index (χ2n) is 6.42. The van der Waals surface area contributed by atoms with Gasteiger partial charge in [-0.05, 0) is 42.1 Å². The van der Waals surface area contributed by atoms with E-state index in [1.807, 2.05) is 31.2 Å². The van der Waals surface area contributed by atoms with Crippen LogP contribution in [0.5, 0.6) is 0 Å². The topological polar surface area (TPSA) is 64.0 Å². The Balaban J connectivity index is 1.65. The number of carbonyl (C=O) groups is 1. The number of anilines is 1. The lowest BCUT2D eigenvalue weighted by molar-refractivity contribution is -0.113. The average Bonchev–Trinajstić information content (AvgIpc) is 3.18. The van der Waals surface area contributed by atoms with Crippen molar-refractivity contribution in [2.75, 3.05) is 11.1 Å². The van der Waals surface area contributed by atoms with E-state index < -0.39 is 17.5 Å². The van der Waals surface area contributed by atoms with Crippen LogP contribution in [0.15, 0.2) is 63.9 Å². The van der Waals surface area contributed by atoms with Crippen molar-refractivity contribution in [3.05, 3.63) is 81.5 Å². The van der Waals surface area contributed by atoms with Crippen LogP contribution in [0.4, 0.5) is 14.5 Å². The summed E-state index contributed by atoms with van der Waals surface area (Å²) in [6.45, 7) is 1.89. The minimum absolute atomic E-state index is 0.106. The van der Waals surface area contributed by atoms with E-state index in [-0.39, 0.29) is 17.0 Å². The molecule has 9 heteroatoms. The predicted molar refractivity (Wildman–Crippen MR) is 116 cm³/mol. The summed E-state index contributed by atoms with van der Waals surface area (Å²) in [6.07, 6.45) is 0. The minimum Gasteiger partial charge on any atom is -0.323 e. The summed E-state index contributed by atoms with van der Waals surface area (Å²) in [5.74, 6) is -2.19. The zero-order chi connectivity index (χ0) is 21.3. The van der Waals surface area contributed by atoms with Gasteiger partial charge in [-0.1, -0.05) is 30.0 Å². The lowest BCUT2D eigenvalue weighted by Crippen LogP contribution is -2.23. The van der Waals surface area contributed by atoms with E-state index >= 15 is 0 Å². The summed E-state index contributed by atoms with van der Waals surface area (Å²) >= 11 is 2.38. The number of hydrogen-bond acceptors (Lipinski definition) is 5. The highest BCUT2D eigenvalue weighted by molar-refractivity contribution is 7.99. The van der Waals surface area contributed by atoms with Crippen molar-refractivity contribution in [2.24, 2.45) is 0 Å². The molecule has 0 aliphatic carbocycles. The molecule has 1 N–H and O–H groups in total. The highest BCUT2D eigenvalue weighted by Crippen LogP contribution is 2.25. The highest BCUT2D eigenvalue weighted by atomic mass is 32.2. The SMILES string of the molecule is Cc1ccccc1-n1c(SCC(=O)Nc2ccc(F)cc2F)nc2ccsc2c1=O. The fraction of sp³-hybridized carbons (Fsp3) is 0.0952. The fourth-order valence-corrected chi connectivity index (χ4v) is 4.49. The maximum Gasteiger partial charge on any atom is 0.276 e. The van der Waals surface area contributed by atoms with Crippen LogP contribution in [0.1, 0.15) is 5.56 Å². The van der Waals surface area contributed by atoms with Gasteiger partial charge in [0.2, 0.25) is 5.91 Å². The Morgan fingerprint density at radius 2 is 2.00 bits per heavy atom. The van der Waals surface area contributed by atoms with Gasteiger partial charge in [-0.2, -0.15) is 0 Å². The first kappa shape index (κ1) is 20.2. The largest absolute Gasteiger partial charge is 0.323 e. The summed E-state index contributed by atoms with van der Waals surface area (Å²) in [6, 6.07) is 12.1. The number of nitrogens with one attached hydrogen (secondary N) is 1. The third kappa shape index (κ3) is 3.99. The Morgan fingerprint density at radius 3 is 2.77 bits per heavy atom. The van der Waals surface area contributed by atoms with Crippen molar-refractivity contribution >= 4 is 44.9 Å². The Labute approximate surface area is 178 Å². The molecule has 5 nitrogen and oxygen atoms in total. The van der Waals surface area contributed by atoms with E-state index in [0.29, 0.717) is 27.1 Å². The van der Waals surface area contributed by atoms with E-state index in [9.17, 15) is 18.4 Å². The zero-order valence-electron chi connectivity index (χ0n) is 15.7. The van der Waals surface area contributed by atoms with Crippen LogP contribution in [0.25, 0.3) is 15.9 Å². The van der Waals surface area contributed by atoms with Gasteiger partial charge in [0.15, 0.2) is 5.16 Å². The molecule has 0 spiro atoms. The van der Waals surface area contributed by atoms with E-state index in [1.165, 1.54) is 15.9 Å². The number of nitrogens with zero attached hydrogens (tertiary/aromatic N) is 2. The monoisotopic (exact) mass is 443 g/mol. The van der Waals surface area contributed by atoms with Crippen molar-refractivity contribution < 1.29 is 13.6 Å². The van der Waals surface area contributed by atoms with Gasteiger partial charge in [0.25, 0.3) is 5.56 Å². The number of benzene rings is 2. The molecule has 2 aromatic carbocycles. The lowest BCUT2D eigenvalue weighted by Gasteiger charge is -2.14. The summed E-state index contributed by atoms with van der Waals surface area (Å²) in [4.78, 5) is 30.0. The van der Waals surface area contributed by atoms with Crippen LogP contribution in [-0.2, 0) is 4.79 Å². The van der Waals surface area contributed by atoms with Crippen LogP contribution < -0.4 is 10.9 Å². The van der Waals surface area contributed by atoms with E-state index in [4.69, 9.17) is 0 Å². The smallest absolute Gasteiger partial charge is 0.276 e. The summed E-state index contributed by atoms with van der Waals surface area (Å²) < 4.78 is 28.8. The van der Waals surface area contributed by atoms with Crippen molar-refractivity contribution in [2.45, 2.75) is 12.1 Å². The molecule has 152 valence electrons. The van der Waals surface area contributed by atoms with Gasteiger partial charge < -0.3 is 5.32 Å². The van der Waals surface area contributed by atoms with Gasteiger partial charge in [-0.3, -0.25) is 14.2 Å². The van der Waals surface area contributed by atoms with Gasteiger partial charge in [-0.25, -0.2) is 13.8 Å². The maximum absolute atomic E-state index is 13.8. The number of aromatic nitrogens is 2. The molecule has 0 bridgehead atoms. The molecule has 0 unspecified atom stereocenters. The van der Waals surface area contributed by atoms with Crippen LogP contribution >= 0.6 is 23.1 Å². The molecular weight excluding hydrogens is 428 g/mol. The van der Waals surface area contributed by atoms with Crippen LogP contribution in [0.2, 0.25) is 0 Å². The second-order valence-corrected chi connectivity index (χ2v) is 8.28. The lowest BCUT2D eigenvalue weighted by atomic mass is 10.2. The number of aryl methyl sites for hydroxylation is 1. The first-order chi connectivity index (χ1) is 14.4. The molecule has 4 aromatic rings. The van der Waals surface area contributed by atoms with E-state index in [1.54, 1.807) is 11.4 Å². The van der Waals surface area contributed by atoms with Gasteiger partial charge in [0.05, 0.1) is 22.6 Å². The number of para-hydroxylation sites is 1. The van der Waals surface area contributed by atoms with Crippen LogP contribution in [-0.4, -0.2) is 21.2 Å². The Morgan fingerprint density at radius 1 is 1.20 bits per heavy atom. The number of carbonyl (C=O) groups excluding carboxylic acids is 1. The first-order valence-electron chi connectivity index (χ1n) is 8.88. The molecule has 0 atom stereocenters. The Kier molecular flexibility index (Phi) is 5.65. The molecule has 0 aliphatic rings. The molecule has 2 heterocycles. The zero-order valence-corrected chi connectivity index (χ0v) is 17.3. The number of fused-ring (bicyclic) bond motifs is 1.